The van der Waals surface area contributed by atoms with Gasteiger partial charge in [-0.3, -0.25) is 0 Å². The second-order valence-corrected chi connectivity index (χ2v) is 6.79. The molecule has 1 fully saturated rings. The van der Waals surface area contributed by atoms with E-state index in [0.29, 0.717) is 5.92 Å². The monoisotopic (exact) mass is 278 g/mol. The minimum absolute atomic E-state index is 0.207. The minimum Gasteiger partial charge on any atom is -0.118 e. The van der Waals surface area contributed by atoms with E-state index in [9.17, 15) is 0 Å². The Morgan fingerprint density at radius 3 is 1.89 bits per heavy atom. The van der Waals surface area contributed by atoms with E-state index in [4.69, 9.17) is 11.6 Å². The predicted molar refractivity (Wildman–Crippen MR) is 85.1 cm³/mol. The fraction of sp³-hybridized carbons (Fsp3) is 0.667. The highest BCUT2D eigenvalue weighted by atomic mass is 35.5. The molecular formula is C18H27Cl. The highest BCUT2D eigenvalue weighted by molar-refractivity contribution is 6.21. The Labute approximate surface area is 123 Å². The summed E-state index contributed by atoms with van der Waals surface area (Å²) in [5.41, 5.74) is 5.50. The summed E-state index contributed by atoms with van der Waals surface area (Å²) < 4.78 is 0. The first-order valence-corrected chi connectivity index (χ1v) is 8.25. The normalized spacial score (nSPS) is 19.8. The van der Waals surface area contributed by atoms with Crippen molar-refractivity contribution in [3.8, 4) is 0 Å². The van der Waals surface area contributed by atoms with Crippen molar-refractivity contribution in [2.45, 2.75) is 71.1 Å². The van der Waals surface area contributed by atoms with Gasteiger partial charge in [-0.05, 0) is 56.2 Å². The van der Waals surface area contributed by atoms with E-state index in [-0.39, 0.29) is 5.38 Å². The van der Waals surface area contributed by atoms with Crippen LogP contribution in [0.4, 0.5) is 0 Å². The molecule has 0 amide bonds. The molecule has 1 aromatic rings. The number of hydrogen-bond donors (Lipinski definition) is 0. The molecule has 0 nitrogen and oxygen atoms in total. The average molecular weight is 279 g/mol. The summed E-state index contributed by atoms with van der Waals surface area (Å²) in [5, 5.41) is 0.207. The maximum atomic E-state index is 6.87. The predicted octanol–water partition coefficient (Wildman–Crippen LogP) is 6.25. The highest BCUT2D eigenvalue weighted by Gasteiger charge is 2.24. The Hall–Kier alpha value is -0.490. The third kappa shape index (κ3) is 3.75. The van der Waals surface area contributed by atoms with Crippen LogP contribution in [0.2, 0.25) is 0 Å². The summed E-state index contributed by atoms with van der Waals surface area (Å²) in [4.78, 5) is 0. The summed E-state index contributed by atoms with van der Waals surface area (Å²) in [6.07, 6.45) is 9.54. The largest absolute Gasteiger partial charge is 0.118 e. The van der Waals surface area contributed by atoms with Crippen molar-refractivity contribution in [3.63, 3.8) is 0 Å². The molecule has 0 N–H and O–H groups in total. The van der Waals surface area contributed by atoms with Gasteiger partial charge in [-0.1, -0.05) is 49.8 Å². The summed E-state index contributed by atoms with van der Waals surface area (Å²) in [7, 11) is 0. The Morgan fingerprint density at radius 1 is 0.895 bits per heavy atom. The lowest BCUT2D eigenvalue weighted by molar-refractivity contribution is 0.367. The van der Waals surface area contributed by atoms with E-state index < -0.39 is 0 Å². The van der Waals surface area contributed by atoms with Crippen LogP contribution >= 0.6 is 11.6 Å². The van der Waals surface area contributed by atoms with Crippen LogP contribution in [-0.2, 0) is 0 Å². The molecule has 1 unspecified atom stereocenters. The van der Waals surface area contributed by atoms with E-state index in [2.05, 4.69) is 32.9 Å². The molecule has 0 spiro atoms. The first-order chi connectivity index (χ1) is 9.09. The third-order valence-electron chi connectivity index (χ3n) is 4.58. The zero-order valence-corrected chi connectivity index (χ0v) is 13.4. The fourth-order valence-corrected chi connectivity index (χ4v) is 4.24. The molecule has 106 valence electrons. The molecule has 1 aliphatic carbocycles. The Balaban J connectivity index is 2.19. The van der Waals surface area contributed by atoms with Crippen LogP contribution < -0.4 is 0 Å². The number of alkyl halides is 1. The van der Waals surface area contributed by atoms with Gasteiger partial charge in [0.25, 0.3) is 0 Å². The molecule has 0 heterocycles. The van der Waals surface area contributed by atoms with Crippen LogP contribution in [0.1, 0.15) is 72.6 Å². The molecule has 1 aromatic carbocycles. The lowest BCUT2D eigenvalue weighted by Gasteiger charge is -2.27. The van der Waals surface area contributed by atoms with Crippen LogP contribution in [0, 0.1) is 26.7 Å². The second-order valence-electron chi connectivity index (χ2n) is 6.32. The standard InChI is InChI=1S/C18H27Cl/c1-13-11-14(2)17(15(3)12-13)18(19)16-9-7-5-4-6-8-10-16/h11-12,16,18H,4-10H2,1-3H3. The van der Waals surface area contributed by atoms with Gasteiger partial charge in [0.1, 0.15) is 0 Å². The van der Waals surface area contributed by atoms with Crippen molar-refractivity contribution in [2.75, 3.05) is 0 Å². The van der Waals surface area contributed by atoms with Gasteiger partial charge in [-0.2, -0.15) is 0 Å². The topological polar surface area (TPSA) is 0 Å². The summed E-state index contributed by atoms with van der Waals surface area (Å²) in [6, 6.07) is 4.56. The van der Waals surface area contributed by atoms with Gasteiger partial charge < -0.3 is 0 Å². The molecule has 1 aliphatic rings. The highest BCUT2D eigenvalue weighted by Crippen LogP contribution is 2.40. The number of halogens is 1. The first-order valence-electron chi connectivity index (χ1n) is 7.81. The number of benzene rings is 1. The zero-order chi connectivity index (χ0) is 13.8. The molecule has 19 heavy (non-hydrogen) atoms. The fourth-order valence-electron chi connectivity index (χ4n) is 3.64. The Morgan fingerprint density at radius 2 is 1.37 bits per heavy atom. The molecule has 0 bridgehead atoms. The van der Waals surface area contributed by atoms with Crippen molar-refractivity contribution in [1.29, 1.82) is 0 Å². The summed E-state index contributed by atoms with van der Waals surface area (Å²) in [6.45, 7) is 6.60. The van der Waals surface area contributed by atoms with Crippen LogP contribution in [-0.4, -0.2) is 0 Å². The third-order valence-corrected chi connectivity index (χ3v) is 5.15. The molecule has 1 heteroatoms. The number of hydrogen-bond acceptors (Lipinski definition) is 0. The molecule has 0 saturated heterocycles. The minimum atomic E-state index is 0.207. The van der Waals surface area contributed by atoms with E-state index in [0.717, 1.165) is 0 Å². The van der Waals surface area contributed by atoms with Crippen LogP contribution in [0.3, 0.4) is 0 Å². The first kappa shape index (κ1) is 14.9. The van der Waals surface area contributed by atoms with Crippen molar-refractivity contribution < 1.29 is 0 Å². The second kappa shape index (κ2) is 6.79. The van der Waals surface area contributed by atoms with Crippen LogP contribution in [0.25, 0.3) is 0 Å². The molecule has 0 aromatic heterocycles. The van der Waals surface area contributed by atoms with Gasteiger partial charge in [0, 0.05) is 0 Å². The van der Waals surface area contributed by atoms with Crippen molar-refractivity contribution in [3.05, 3.63) is 34.4 Å². The van der Waals surface area contributed by atoms with Gasteiger partial charge in [0.05, 0.1) is 5.38 Å². The van der Waals surface area contributed by atoms with Crippen molar-refractivity contribution >= 4 is 11.6 Å². The van der Waals surface area contributed by atoms with E-state index >= 15 is 0 Å². The number of aryl methyl sites for hydroxylation is 3. The molecule has 1 saturated carbocycles. The Kier molecular flexibility index (Phi) is 5.33. The molecule has 1 atom stereocenters. The van der Waals surface area contributed by atoms with Gasteiger partial charge in [0.15, 0.2) is 0 Å². The quantitative estimate of drug-likeness (QED) is 0.561. The Bertz CT molecular complexity index is 391. The van der Waals surface area contributed by atoms with Crippen molar-refractivity contribution in [2.24, 2.45) is 5.92 Å². The van der Waals surface area contributed by atoms with E-state index in [1.54, 1.807) is 0 Å². The summed E-state index contributed by atoms with van der Waals surface area (Å²) in [5.74, 6) is 0.669. The van der Waals surface area contributed by atoms with Crippen LogP contribution in [0.15, 0.2) is 12.1 Å². The van der Waals surface area contributed by atoms with E-state index in [1.807, 2.05) is 0 Å². The lowest BCUT2D eigenvalue weighted by atomic mass is 9.83. The number of rotatable bonds is 2. The molecule has 0 radical (unpaired) electrons. The van der Waals surface area contributed by atoms with E-state index in [1.165, 1.54) is 67.2 Å². The van der Waals surface area contributed by atoms with Gasteiger partial charge >= 0.3 is 0 Å². The molecule has 0 aliphatic heterocycles. The maximum absolute atomic E-state index is 6.87. The van der Waals surface area contributed by atoms with Gasteiger partial charge in [-0.25, -0.2) is 0 Å². The van der Waals surface area contributed by atoms with Gasteiger partial charge in [0.2, 0.25) is 0 Å². The lowest BCUT2D eigenvalue weighted by Crippen LogP contribution is -2.12. The zero-order valence-electron chi connectivity index (χ0n) is 12.6. The molecular weight excluding hydrogens is 252 g/mol. The average Bonchev–Trinajstić information content (AvgIpc) is 2.26. The van der Waals surface area contributed by atoms with Gasteiger partial charge in [-0.15, -0.1) is 11.6 Å². The summed E-state index contributed by atoms with van der Waals surface area (Å²) >= 11 is 6.87. The van der Waals surface area contributed by atoms with Crippen LogP contribution in [0.5, 0.6) is 0 Å². The SMILES string of the molecule is Cc1cc(C)c(C(Cl)C2CCCCCCC2)c(C)c1. The van der Waals surface area contributed by atoms with Crippen molar-refractivity contribution in [1.82, 2.24) is 0 Å². The molecule has 2 rings (SSSR count). The smallest absolute Gasteiger partial charge is 0.0618 e. The maximum Gasteiger partial charge on any atom is 0.0618 e.